The fourth-order valence-corrected chi connectivity index (χ4v) is 3.12. The van der Waals surface area contributed by atoms with Crippen LogP contribution in [0.25, 0.3) is 0 Å². The number of hydrogen-bond donors (Lipinski definition) is 1. The summed E-state index contributed by atoms with van der Waals surface area (Å²) >= 11 is 0. The molecule has 1 aliphatic rings. The summed E-state index contributed by atoms with van der Waals surface area (Å²) in [5, 5.41) is 6.46. The number of benzene rings is 1. The predicted molar refractivity (Wildman–Crippen MR) is 82.3 cm³/mol. The van der Waals surface area contributed by atoms with Gasteiger partial charge in [-0.15, -0.1) is 0 Å². The Balaban J connectivity index is 1.74. The third-order valence-corrected chi connectivity index (χ3v) is 4.25. The zero-order valence-corrected chi connectivity index (χ0v) is 13.2. The van der Waals surface area contributed by atoms with Gasteiger partial charge in [0.15, 0.2) is 5.69 Å². The van der Waals surface area contributed by atoms with Crippen LogP contribution in [0.4, 0.5) is 13.2 Å². The first kappa shape index (κ1) is 16.5. The number of amides is 1. The van der Waals surface area contributed by atoms with Crippen molar-refractivity contribution in [1.82, 2.24) is 15.1 Å². The Hall–Kier alpha value is -2.31. The lowest BCUT2D eigenvalue weighted by Crippen LogP contribution is -2.31. The SMILES string of the molecule is C[C@H](NC(=O)Cn1nc(C(F)(F)F)c2c1CCC2)c1ccccc1. The van der Waals surface area contributed by atoms with Crippen LogP contribution < -0.4 is 5.32 Å². The molecule has 7 heteroatoms. The molecular formula is C17H18F3N3O. The van der Waals surface area contributed by atoms with Gasteiger partial charge in [0.25, 0.3) is 0 Å². The molecule has 1 heterocycles. The first-order chi connectivity index (χ1) is 11.4. The van der Waals surface area contributed by atoms with E-state index < -0.39 is 11.9 Å². The van der Waals surface area contributed by atoms with E-state index in [-0.39, 0.29) is 24.1 Å². The van der Waals surface area contributed by atoms with Crippen LogP contribution in [0.3, 0.4) is 0 Å². The number of carbonyl (C=O) groups excluding carboxylic acids is 1. The van der Waals surface area contributed by atoms with Crippen molar-refractivity contribution in [3.8, 4) is 0 Å². The minimum absolute atomic E-state index is 0.199. The van der Waals surface area contributed by atoms with E-state index >= 15 is 0 Å². The third-order valence-electron chi connectivity index (χ3n) is 4.25. The highest BCUT2D eigenvalue weighted by Crippen LogP contribution is 2.36. The molecule has 3 rings (SSSR count). The molecule has 1 N–H and O–H groups in total. The Morgan fingerprint density at radius 3 is 2.67 bits per heavy atom. The first-order valence-corrected chi connectivity index (χ1v) is 7.86. The molecule has 0 saturated carbocycles. The molecule has 0 bridgehead atoms. The monoisotopic (exact) mass is 337 g/mol. The molecule has 2 aromatic rings. The maximum absolute atomic E-state index is 13.0. The van der Waals surface area contributed by atoms with E-state index in [1.165, 1.54) is 4.68 Å². The molecule has 4 nitrogen and oxygen atoms in total. The van der Waals surface area contributed by atoms with Crippen LogP contribution in [-0.2, 0) is 30.4 Å². The van der Waals surface area contributed by atoms with Gasteiger partial charge in [0.1, 0.15) is 6.54 Å². The zero-order valence-electron chi connectivity index (χ0n) is 13.2. The Labute approximate surface area is 137 Å². The summed E-state index contributed by atoms with van der Waals surface area (Å²) in [7, 11) is 0. The number of fused-ring (bicyclic) bond motifs is 1. The van der Waals surface area contributed by atoms with E-state index in [0.29, 0.717) is 25.0 Å². The van der Waals surface area contributed by atoms with Gasteiger partial charge in [0, 0.05) is 11.3 Å². The second-order valence-corrected chi connectivity index (χ2v) is 5.98. The number of carbonyl (C=O) groups is 1. The molecule has 1 aromatic heterocycles. The Morgan fingerprint density at radius 1 is 1.29 bits per heavy atom. The van der Waals surface area contributed by atoms with Gasteiger partial charge in [-0.25, -0.2) is 0 Å². The molecular weight excluding hydrogens is 319 g/mol. The summed E-state index contributed by atoms with van der Waals surface area (Å²) in [6.07, 6.45) is -2.92. The quantitative estimate of drug-likeness (QED) is 0.931. The summed E-state index contributed by atoms with van der Waals surface area (Å²) in [5.74, 6) is -0.350. The molecule has 24 heavy (non-hydrogen) atoms. The van der Waals surface area contributed by atoms with Crippen LogP contribution in [-0.4, -0.2) is 15.7 Å². The molecule has 128 valence electrons. The average Bonchev–Trinajstić information content (AvgIpc) is 3.11. The molecule has 1 amide bonds. The molecule has 0 aliphatic heterocycles. The fraction of sp³-hybridized carbons (Fsp3) is 0.412. The highest BCUT2D eigenvalue weighted by molar-refractivity contribution is 5.76. The fourth-order valence-electron chi connectivity index (χ4n) is 3.12. The van der Waals surface area contributed by atoms with E-state index in [1.807, 2.05) is 37.3 Å². The van der Waals surface area contributed by atoms with Gasteiger partial charge in [-0.3, -0.25) is 9.48 Å². The average molecular weight is 337 g/mol. The molecule has 0 fully saturated rings. The summed E-state index contributed by atoms with van der Waals surface area (Å²) in [4.78, 5) is 12.2. The van der Waals surface area contributed by atoms with Gasteiger partial charge in [0.2, 0.25) is 5.91 Å². The van der Waals surface area contributed by atoms with Gasteiger partial charge in [-0.1, -0.05) is 30.3 Å². The van der Waals surface area contributed by atoms with Crippen molar-refractivity contribution in [2.45, 2.75) is 44.9 Å². The highest BCUT2D eigenvalue weighted by Gasteiger charge is 2.40. The Bertz CT molecular complexity index is 738. The maximum Gasteiger partial charge on any atom is 0.435 e. The van der Waals surface area contributed by atoms with Crippen molar-refractivity contribution < 1.29 is 18.0 Å². The van der Waals surface area contributed by atoms with Crippen molar-refractivity contribution >= 4 is 5.91 Å². The Kier molecular flexibility index (Phi) is 4.34. The van der Waals surface area contributed by atoms with Crippen molar-refractivity contribution in [2.24, 2.45) is 0 Å². The minimum atomic E-state index is -4.48. The molecule has 0 unspecified atom stereocenters. The maximum atomic E-state index is 13.0. The van der Waals surface area contributed by atoms with Gasteiger partial charge in [0.05, 0.1) is 6.04 Å². The van der Waals surface area contributed by atoms with Crippen LogP contribution in [0.1, 0.15) is 41.9 Å². The lowest BCUT2D eigenvalue weighted by Gasteiger charge is -2.15. The Morgan fingerprint density at radius 2 is 2.00 bits per heavy atom. The van der Waals surface area contributed by atoms with Crippen LogP contribution in [0, 0.1) is 0 Å². The van der Waals surface area contributed by atoms with E-state index in [1.54, 1.807) is 0 Å². The summed E-state index contributed by atoms with van der Waals surface area (Å²) in [6.45, 7) is 1.64. The summed E-state index contributed by atoms with van der Waals surface area (Å²) in [6, 6.07) is 9.17. The second kappa shape index (κ2) is 6.30. The standard InChI is InChI=1S/C17H18F3N3O/c1-11(12-6-3-2-4-7-12)21-15(24)10-23-14-9-5-8-13(14)16(22-23)17(18,19)20/h2-4,6-7,11H,5,8-10H2,1H3,(H,21,24)/t11-/m0/s1. The zero-order chi connectivity index (χ0) is 17.3. The number of halogens is 3. The number of nitrogens with zero attached hydrogens (tertiary/aromatic N) is 2. The van der Waals surface area contributed by atoms with Crippen molar-refractivity contribution in [3.05, 3.63) is 52.8 Å². The highest BCUT2D eigenvalue weighted by atomic mass is 19.4. The van der Waals surface area contributed by atoms with E-state index in [9.17, 15) is 18.0 Å². The van der Waals surface area contributed by atoms with E-state index in [0.717, 1.165) is 5.56 Å². The van der Waals surface area contributed by atoms with Gasteiger partial charge >= 0.3 is 6.18 Å². The van der Waals surface area contributed by atoms with E-state index in [2.05, 4.69) is 10.4 Å². The second-order valence-electron chi connectivity index (χ2n) is 5.98. The third kappa shape index (κ3) is 3.29. The normalized spacial score (nSPS) is 15.2. The summed E-state index contributed by atoms with van der Waals surface area (Å²) in [5.41, 5.74) is 0.864. The van der Waals surface area contributed by atoms with Crippen molar-refractivity contribution in [2.75, 3.05) is 0 Å². The number of hydrogen-bond acceptors (Lipinski definition) is 2. The van der Waals surface area contributed by atoms with Gasteiger partial charge < -0.3 is 5.32 Å². The van der Waals surface area contributed by atoms with Crippen LogP contribution in [0.5, 0.6) is 0 Å². The van der Waals surface area contributed by atoms with Gasteiger partial charge in [-0.2, -0.15) is 18.3 Å². The number of rotatable bonds is 4. The van der Waals surface area contributed by atoms with Crippen molar-refractivity contribution in [1.29, 1.82) is 0 Å². The molecule has 1 atom stereocenters. The number of alkyl halides is 3. The summed E-state index contributed by atoms with van der Waals surface area (Å²) < 4.78 is 40.4. The lowest BCUT2D eigenvalue weighted by atomic mass is 10.1. The number of nitrogens with one attached hydrogen (secondary N) is 1. The van der Waals surface area contributed by atoms with Crippen molar-refractivity contribution in [3.63, 3.8) is 0 Å². The largest absolute Gasteiger partial charge is 0.435 e. The first-order valence-electron chi connectivity index (χ1n) is 7.86. The van der Waals surface area contributed by atoms with Crippen LogP contribution in [0.15, 0.2) is 30.3 Å². The van der Waals surface area contributed by atoms with E-state index in [4.69, 9.17) is 0 Å². The molecule has 0 radical (unpaired) electrons. The topological polar surface area (TPSA) is 46.9 Å². The minimum Gasteiger partial charge on any atom is -0.348 e. The van der Waals surface area contributed by atoms with Gasteiger partial charge in [-0.05, 0) is 31.7 Å². The van der Waals surface area contributed by atoms with Crippen LogP contribution in [0.2, 0.25) is 0 Å². The molecule has 1 aromatic carbocycles. The number of aromatic nitrogens is 2. The molecule has 0 saturated heterocycles. The predicted octanol–water partition coefficient (Wildman–Crippen LogP) is 3.27. The smallest absolute Gasteiger partial charge is 0.348 e. The molecule has 1 aliphatic carbocycles. The lowest BCUT2D eigenvalue weighted by molar-refractivity contribution is -0.142. The molecule has 0 spiro atoms. The van der Waals surface area contributed by atoms with Crippen LogP contribution >= 0.6 is 0 Å².